The van der Waals surface area contributed by atoms with E-state index in [1.807, 2.05) is 20.9 Å². The quantitative estimate of drug-likeness (QED) is 0.555. The number of aliphatic hydroxyl groups excluding tert-OH is 1. The zero-order chi connectivity index (χ0) is 26.1. The zero-order valence-corrected chi connectivity index (χ0v) is 22.3. The molecule has 3 heterocycles. The van der Waals surface area contributed by atoms with Crippen molar-refractivity contribution >= 4 is 11.8 Å². The lowest BCUT2D eigenvalue weighted by atomic mass is 9.99. The van der Waals surface area contributed by atoms with E-state index < -0.39 is 0 Å². The molecular formula is C28H42N4O4. The third kappa shape index (κ3) is 7.44. The van der Waals surface area contributed by atoms with Gasteiger partial charge in [0.2, 0.25) is 11.8 Å². The summed E-state index contributed by atoms with van der Waals surface area (Å²) in [4.78, 5) is 36.6. The molecule has 1 fully saturated rings. The highest BCUT2D eigenvalue weighted by Crippen LogP contribution is 2.27. The molecule has 3 rings (SSSR count). The summed E-state index contributed by atoms with van der Waals surface area (Å²) in [5, 5.41) is 9.83. The zero-order valence-electron chi connectivity index (χ0n) is 22.3. The van der Waals surface area contributed by atoms with Crippen LogP contribution in [0.25, 0.3) is 0 Å². The molecule has 1 aromatic rings. The number of hydrogen-bond acceptors (Lipinski definition) is 6. The minimum absolute atomic E-state index is 0.0701. The number of pyridine rings is 1. The summed E-state index contributed by atoms with van der Waals surface area (Å²) in [6.07, 6.45) is 7.18. The third-order valence-electron chi connectivity index (χ3n) is 7.10. The van der Waals surface area contributed by atoms with Gasteiger partial charge in [-0.15, -0.1) is 0 Å². The molecule has 1 saturated heterocycles. The molecule has 0 bridgehead atoms. The molecular weight excluding hydrogens is 456 g/mol. The number of likely N-dealkylation sites (tertiary alicyclic amines) is 1. The van der Waals surface area contributed by atoms with Crippen molar-refractivity contribution in [3.63, 3.8) is 0 Å². The van der Waals surface area contributed by atoms with Gasteiger partial charge in [0.1, 0.15) is 11.7 Å². The van der Waals surface area contributed by atoms with Crippen LogP contribution in [0.3, 0.4) is 0 Å². The van der Waals surface area contributed by atoms with E-state index in [0.29, 0.717) is 30.6 Å². The first-order valence-corrected chi connectivity index (χ1v) is 13.4. The Bertz CT molecular complexity index is 951. The van der Waals surface area contributed by atoms with Crippen LogP contribution in [0, 0.1) is 17.8 Å². The van der Waals surface area contributed by atoms with Gasteiger partial charge >= 0.3 is 0 Å². The number of aliphatic hydroxyl groups is 1. The molecule has 2 aliphatic rings. The van der Waals surface area contributed by atoms with E-state index in [4.69, 9.17) is 4.74 Å². The van der Waals surface area contributed by atoms with Gasteiger partial charge < -0.3 is 24.5 Å². The van der Waals surface area contributed by atoms with E-state index in [9.17, 15) is 14.7 Å². The highest BCUT2D eigenvalue weighted by Gasteiger charge is 2.34. The lowest BCUT2D eigenvalue weighted by molar-refractivity contribution is -0.131. The van der Waals surface area contributed by atoms with Crippen LogP contribution in [0.2, 0.25) is 0 Å². The van der Waals surface area contributed by atoms with Crippen LogP contribution in [0.4, 0.5) is 0 Å². The molecule has 0 radical (unpaired) electrons. The Balaban J connectivity index is 1.78. The molecule has 0 unspecified atom stereocenters. The Kier molecular flexibility index (Phi) is 10.6. The van der Waals surface area contributed by atoms with Gasteiger partial charge in [-0.1, -0.05) is 32.1 Å². The van der Waals surface area contributed by atoms with Crippen LogP contribution in [0.15, 0.2) is 12.3 Å². The number of nitrogens with zero attached hydrogens (tertiary/aromatic N) is 4. The number of likely N-dealkylation sites (N-methyl/N-ethyl adjacent to an activating group) is 1. The molecule has 2 amide bonds. The van der Waals surface area contributed by atoms with E-state index in [1.165, 1.54) is 19.3 Å². The molecule has 1 aromatic heterocycles. The second kappa shape index (κ2) is 13.6. The molecule has 36 heavy (non-hydrogen) atoms. The predicted octanol–water partition coefficient (Wildman–Crippen LogP) is 2.79. The predicted molar refractivity (Wildman–Crippen MR) is 140 cm³/mol. The summed E-state index contributed by atoms with van der Waals surface area (Å²) in [5.41, 5.74) is 1.00. The normalized spacial score (nSPS) is 21.4. The smallest absolute Gasteiger partial charge is 0.259 e. The van der Waals surface area contributed by atoms with Gasteiger partial charge in [-0.05, 0) is 45.3 Å². The van der Waals surface area contributed by atoms with Crippen LogP contribution < -0.4 is 4.74 Å². The molecule has 8 heteroatoms. The topological polar surface area (TPSA) is 86.2 Å². The highest BCUT2D eigenvalue weighted by molar-refractivity contribution is 5.97. The fourth-order valence-corrected chi connectivity index (χ4v) is 4.68. The molecule has 0 saturated carbocycles. The van der Waals surface area contributed by atoms with Crippen molar-refractivity contribution in [1.82, 2.24) is 19.7 Å². The summed E-state index contributed by atoms with van der Waals surface area (Å²) < 4.78 is 6.30. The summed E-state index contributed by atoms with van der Waals surface area (Å²) in [5.74, 6) is 6.21. The van der Waals surface area contributed by atoms with Crippen molar-refractivity contribution < 1.29 is 19.4 Å². The largest absolute Gasteiger partial charge is 0.472 e. The van der Waals surface area contributed by atoms with Crippen LogP contribution in [-0.2, 0) is 4.79 Å². The number of amides is 2. The van der Waals surface area contributed by atoms with Gasteiger partial charge in [-0.25, -0.2) is 4.98 Å². The number of carbonyl (C=O) groups excluding carboxylic acids is 2. The van der Waals surface area contributed by atoms with E-state index >= 15 is 0 Å². The standard InChI is InChI=1S/C28H42N4O4/c1-5-6-8-11-23-16-24-27(29-17-23)36-25(21(2)18-32(28(24)35)22(3)20-33)19-30(4)26(34)12-15-31-13-9-7-10-14-31/h16-17,21-22,25,33H,5-7,9-10,12-15,18-20H2,1-4H3/t21-,22-,25+/m1/s1. The fourth-order valence-electron chi connectivity index (χ4n) is 4.68. The Labute approximate surface area is 216 Å². The third-order valence-corrected chi connectivity index (χ3v) is 7.10. The Morgan fingerprint density at radius 2 is 2.08 bits per heavy atom. The number of aromatic nitrogens is 1. The van der Waals surface area contributed by atoms with Crippen LogP contribution in [0.1, 0.15) is 75.2 Å². The molecule has 1 N–H and O–H groups in total. The Morgan fingerprint density at radius 1 is 1.33 bits per heavy atom. The molecule has 3 atom stereocenters. The number of rotatable bonds is 8. The van der Waals surface area contributed by atoms with Gasteiger partial charge in [0.15, 0.2) is 0 Å². The molecule has 198 valence electrons. The van der Waals surface area contributed by atoms with Crippen molar-refractivity contribution in [2.75, 3.05) is 46.4 Å². The lowest BCUT2D eigenvalue weighted by Gasteiger charge is -2.37. The average Bonchev–Trinajstić information content (AvgIpc) is 2.89. The minimum Gasteiger partial charge on any atom is -0.472 e. The van der Waals surface area contributed by atoms with Crippen molar-refractivity contribution in [3.05, 3.63) is 23.4 Å². The monoisotopic (exact) mass is 498 g/mol. The van der Waals surface area contributed by atoms with Crippen LogP contribution >= 0.6 is 0 Å². The van der Waals surface area contributed by atoms with Gasteiger partial charge in [0, 0.05) is 50.7 Å². The fraction of sp³-hybridized carbons (Fsp3) is 0.679. The van der Waals surface area contributed by atoms with Crippen molar-refractivity contribution in [3.8, 4) is 17.7 Å². The van der Waals surface area contributed by atoms with Crippen LogP contribution in [-0.4, -0.2) is 95.1 Å². The number of hydrogen-bond donors (Lipinski definition) is 1. The van der Waals surface area contributed by atoms with E-state index in [-0.39, 0.29) is 42.4 Å². The first-order chi connectivity index (χ1) is 17.3. The van der Waals surface area contributed by atoms with Crippen LogP contribution in [0.5, 0.6) is 5.88 Å². The van der Waals surface area contributed by atoms with Crippen molar-refractivity contribution in [1.29, 1.82) is 0 Å². The molecule has 8 nitrogen and oxygen atoms in total. The highest BCUT2D eigenvalue weighted by atomic mass is 16.5. The number of carbonyl (C=O) groups is 2. The summed E-state index contributed by atoms with van der Waals surface area (Å²) >= 11 is 0. The first-order valence-electron chi connectivity index (χ1n) is 13.4. The molecule has 0 spiro atoms. The lowest BCUT2D eigenvalue weighted by Crippen LogP contribution is -2.50. The Morgan fingerprint density at radius 3 is 2.78 bits per heavy atom. The number of unbranched alkanes of at least 4 members (excludes halogenated alkanes) is 1. The maximum absolute atomic E-state index is 13.5. The average molecular weight is 499 g/mol. The van der Waals surface area contributed by atoms with Gasteiger partial charge in [-0.2, -0.15) is 0 Å². The van der Waals surface area contributed by atoms with Crippen molar-refractivity contribution in [2.24, 2.45) is 5.92 Å². The maximum Gasteiger partial charge on any atom is 0.259 e. The van der Waals surface area contributed by atoms with Gasteiger partial charge in [-0.3, -0.25) is 9.59 Å². The number of piperidine rings is 1. The summed E-state index contributed by atoms with van der Waals surface area (Å²) in [6, 6.07) is 1.37. The number of fused-ring (bicyclic) bond motifs is 1. The minimum atomic E-state index is -0.356. The van der Waals surface area contributed by atoms with Gasteiger partial charge in [0.05, 0.1) is 19.2 Å². The SMILES string of the molecule is CCCC#Cc1cnc2c(c1)C(=O)N([C@H](C)CO)C[C@@H](C)[C@H](CN(C)C(=O)CCN1CCCCC1)O2. The van der Waals surface area contributed by atoms with E-state index in [0.717, 1.165) is 32.5 Å². The second-order valence-corrected chi connectivity index (χ2v) is 10.2. The Hall–Kier alpha value is -2.63. The van der Waals surface area contributed by atoms with Crippen molar-refractivity contribution in [2.45, 2.75) is 71.4 Å². The molecule has 0 aromatic carbocycles. The maximum atomic E-state index is 13.5. The van der Waals surface area contributed by atoms with Gasteiger partial charge in [0.25, 0.3) is 5.91 Å². The van der Waals surface area contributed by atoms with E-state index in [1.54, 1.807) is 22.1 Å². The molecule has 2 aliphatic heterocycles. The summed E-state index contributed by atoms with van der Waals surface area (Å²) in [7, 11) is 1.81. The number of ether oxygens (including phenoxy) is 1. The molecule has 0 aliphatic carbocycles. The first kappa shape index (κ1) is 27.9. The second-order valence-electron chi connectivity index (χ2n) is 10.2. The summed E-state index contributed by atoms with van der Waals surface area (Å²) in [6.45, 7) is 9.49. The van der Waals surface area contributed by atoms with E-state index in [2.05, 4.69) is 28.6 Å².